The van der Waals surface area contributed by atoms with Crippen molar-refractivity contribution in [1.29, 1.82) is 0 Å². The number of benzene rings is 1. The van der Waals surface area contributed by atoms with Crippen LogP contribution in [0.2, 0.25) is 0 Å². The van der Waals surface area contributed by atoms with E-state index in [0.717, 1.165) is 18.4 Å². The molecule has 2 nitrogen and oxygen atoms in total. The van der Waals surface area contributed by atoms with E-state index in [9.17, 15) is 0 Å². The van der Waals surface area contributed by atoms with Gasteiger partial charge in [-0.15, -0.1) is 0 Å². The fourth-order valence-corrected chi connectivity index (χ4v) is 2.30. The number of aryl methyl sites for hydroxylation is 2. The van der Waals surface area contributed by atoms with Crippen molar-refractivity contribution in [2.75, 3.05) is 13.1 Å². The summed E-state index contributed by atoms with van der Waals surface area (Å²) in [4.78, 5) is 0. The molecule has 3 unspecified atom stereocenters. The van der Waals surface area contributed by atoms with Gasteiger partial charge in [0.1, 0.15) is 0 Å². The summed E-state index contributed by atoms with van der Waals surface area (Å²) in [6.07, 6.45) is 1.37. The van der Waals surface area contributed by atoms with Crippen molar-refractivity contribution in [3.05, 3.63) is 34.9 Å². The Hall–Kier alpha value is -0.860. The Morgan fingerprint density at radius 2 is 2.06 bits per heavy atom. The van der Waals surface area contributed by atoms with Crippen molar-refractivity contribution < 1.29 is 0 Å². The van der Waals surface area contributed by atoms with E-state index in [2.05, 4.69) is 44.3 Å². The molecule has 3 N–H and O–H groups in total. The zero-order valence-electron chi connectivity index (χ0n) is 11.2. The highest BCUT2D eigenvalue weighted by atomic mass is 14.9. The predicted molar refractivity (Wildman–Crippen MR) is 73.0 cm³/mol. The third-order valence-electron chi connectivity index (χ3n) is 4.07. The minimum absolute atomic E-state index is 0.307. The standard InChI is InChI=1S/C15H24N2/c1-10-4-5-13(6-11(10)2)15(8-16)17-9-14-7-12(14)3/h4-6,12,14-15,17H,7-9,16H2,1-3H3. The topological polar surface area (TPSA) is 38.0 Å². The number of hydrogen-bond acceptors (Lipinski definition) is 2. The van der Waals surface area contributed by atoms with E-state index in [4.69, 9.17) is 5.73 Å². The van der Waals surface area contributed by atoms with Crippen LogP contribution in [0.1, 0.15) is 36.1 Å². The molecule has 1 aliphatic carbocycles. The second-order valence-electron chi connectivity index (χ2n) is 5.51. The molecule has 94 valence electrons. The van der Waals surface area contributed by atoms with Gasteiger partial charge in [0, 0.05) is 12.6 Å². The molecule has 1 aliphatic rings. The second-order valence-corrected chi connectivity index (χ2v) is 5.51. The normalized spacial score (nSPS) is 24.7. The average Bonchev–Trinajstić information content (AvgIpc) is 3.00. The highest BCUT2D eigenvalue weighted by molar-refractivity contribution is 5.31. The minimum atomic E-state index is 0.307. The average molecular weight is 232 g/mol. The largest absolute Gasteiger partial charge is 0.329 e. The summed E-state index contributed by atoms with van der Waals surface area (Å²) >= 11 is 0. The van der Waals surface area contributed by atoms with E-state index in [1.54, 1.807) is 0 Å². The van der Waals surface area contributed by atoms with Gasteiger partial charge in [-0.2, -0.15) is 0 Å². The van der Waals surface area contributed by atoms with Crippen LogP contribution in [0.5, 0.6) is 0 Å². The van der Waals surface area contributed by atoms with Crippen molar-refractivity contribution in [3.63, 3.8) is 0 Å². The molecule has 0 aliphatic heterocycles. The fraction of sp³-hybridized carbons (Fsp3) is 0.600. The zero-order chi connectivity index (χ0) is 12.4. The summed E-state index contributed by atoms with van der Waals surface area (Å²) in [7, 11) is 0. The zero-order valence-corrected chi connectivity index (χ0v) is 11.2. The first-order chi connectivity index (χ1) is 8.11. The summed E-state index contributed by atoms with van der Waals surface area (Å²) in [5.74, 6) is 1.77. The maximum Gasteiger partial charge on any atom is 0.0444 e. The third kappa shape index (κ3) is 3.08. The molecule has 0 spiro atoms. The third-order valence-corrected chi connectivity index (χ3v) is 4.07. The van der Waals surface area contributed by atoms with Crippen molar-refractivity contribution in [2.24, 2.45) is 17.6 Å². The van der Waals surface area contributed by atoms with Crippen LogP contribution in [0.15, 0.2) is 18.2 Å². The molecule has 2 heteroatoms. The molecule has 0 radical (unpaired) electrons. The Morgan fingerprint density at radius 3 is 2.59 bits per heavy atom. The molecule has 0 saturated heterocycles. The van der Waals surface area contributed by atoms with Gasteiger partial charge in [-0.3, -0.25) is 0 Å². The highest BCUT2D eigenvalue weighted by Crippen LogP contribution is 2.37. The first-order valence-corrected chi connectivity index (χ1v) is 6.62. The maximum atomic E-state index is 5.87. The highest BCUT2D eigenvalue weighted by Gasteiger charge is 2.32. The van der Waals surface area contributed by atoms with Gasteiger partial charge in [-0.25, -0.2) is 0 Å². The molecule has 0 heterocycles. The lowest BCUT2D eigenvalue weighted by Crippen LogP contribution is -2.30. The van der Waals surface area contributed by atoms with Crippen molar-refractivity contribution in [1.82, 2.24) is 5.32 Å². The Morgan fingerprint density at radius 1 is 1.35 bits per heavy atom. The van der Waals surface area contributed by atoms with E-state index in [1.165, 1.54) is 23.1 Å². The molecular weight excluding hydrogens is 208 g/mol. The molecule has 0 bridgehead atoms. The lowest BCUT2D eigenvalue weighted by Gasteiger charge is -2.18. The van der Waals surface area contributed by atoms with Gasteiger partial charge >= 0.3 is 0 Å². The van der Waals surface area contributed by atoms with Crippen LogP contribution in [0, 0.1) is 25.7 Å². The smallest absolute Gasteiger partial charge is 0.0444 e. The summed E-state index contributed by atoms with van der Waals surface area (Å²) in [5.41, 5.74) is 9.89. The van der Waals surface area contributed by atoms with Crippen molar-refractivity contribution in [2.45, 2.75) is 33.2 Å². The lowest BCUT2D eigenvalue weighted by atomic mass is 10.0. The monoisotopic (exact) mass is 232 g/mol. The van der Waals surface area contributed by atoms with E-state index < -0.39 is 0 Å². The molecule has 1 fully saturated rings. The van der Waals surface area contributed by atoms with Gasteiger partial charge in [-0.1, -0.05) is 25.1 Å². The van der Waals surface area contributed by atoms with Crippen molar-refractivity contribution in [3.8, 4) is 0 Å². The number of hydrogen-bond donors (Lipinski definition) is 2. The summed E-state index contributed by atoms with van der Waals surface area (Å²) in [6.45, 7) is 8.41. The van der Waals surface area contributed by atoms with Gasteiger partial charge in [0.05, 0.1) is 0 Å². The van der Waals surface area contributed by atoms with Crippen molar-refractivity contribution >= 4 is 0 Å². The quantitative estimate of drug-likeness (QED) is 0.819. The van der Waals surface area contributed by atoms with Gasteiger partial charge < -0.3 is 11.1 Å². The van der Waals surface area contributed by atoms with Crippen LogP contribution in [-0.2, 0) is 0 Å². The van der Waals surface area contributed by atoms with Crippen LogP contribution < -0.4 is 11.1 Å². The Labute approximate surface area is 105 Å². The van der Waals surface area contributed by atoms with E-state index in [0.29, 0.717) is 12.6 Å². The molecule has 0 aromatic heterocycles. The first kappa shape index (κ1) is 12.6. The van der Waals surface area contributed by atoms with E-state index in [1.807, 2.05) is 0 Å². The van der Waals surface area contributed by atoms with Crippen LogP contribution in [0.4, 0.5) is 0 Å². The molecular formula is C15H24N2. The summed E-state index contributed by atoms with van der Waals surface area (Å²) in [5, 5.41) is 3.60. The molecule has 1 aromatic rings. The lowest BCUT2D eigenvalue weighted by molar-refractivity contribution is 0.511. The van der Waals surface area contributed by atoms with E-state index >= 15 is 0 Å². The minimum Gasteiger partial charge on any atom is -0.329 e. The Kier molecular flexibility index (Phi) is 3.85. The van der Waals surface area contributed by atoms with Gasteiger partial charge in [0.2, 0.25) is 0 Å². The van der Waals surface area contributed by atoms with Crippen LogP contribution in [0.3, 0.4) is 0 Å². The number of rotatable bonds is 5. The first-order valence-electron chi connectivity index (χ1n) is 6.62. The number of nitrogens with one attached hydrogen (secondary N) is 1. The van der Waals surface area contributed by atoms with Crippen LogP contribution in [-0.4, -0.2) is 13.1 Å². The maximum absolute atomic E-state index is 5.87. The molecule has 17 heavy (non-hydrogen) atoms. The molecule has 2 rings (SSSR count). The predicted octanol–water partition coefficient (Wildman–Crippen LogP) is 2.55. The Bertz CT molecular complexity index is 387. The van der Waals surface area contributed by atoms with Crippen LogP contribution >= 0.6 is 0 Å². The fourth-order valence-electron chi connectivity index (χ4n) is 2.30. The van der Waals surface area contributed by atoms with Gasteiger partial charge in [-0.05, 0) is 55.3 Å². The Balaban J connectivity index is 1.98. The van der Waals surface area contributed by atoms with Crippen LogP contribution in [0.25, 0.3) is 0 Å². The molecule has 1 saturated carbocycles. The molecule has 1 aromatic carbocycles. The second kappa shape index (κ2) is 5.19. The summed E-state index contributed by atoms with van der Waals surface area (Å²) in [6, 6.07) is 6.95. The number of nitrogens with two attached hydrogens (primary N) is 1. The molecule has 3 atom stereocenters. The SMILES string of the molecule is Cc1ccc(C(CN)NCC2CC2C)cc1C. The van der Waals surface area contributed by atoms with E-state index in [-0.39, 0.29) is 0 Å². The van der Waals surface area contributed by atoms with Gasteiger partial charge in [0.15, 0.2) is 0 Å². The molecule has 0 amide bonds. The summed E-state index contributed by atoms with van der Waals surface area (Å²) < 4.78 is 0. The van der Waals surface area contributed by atoms with Gasteiger partial charge in [0.25, 0.3) is 0 Å².